The molecule has 0 radical (unpaired) electrons. The summed E-state index contributed by atoms with van der Waals surface area (Å²) in [6.45, 7) is 3.28. The predicted molar refractivity (Wildman–Crippen MR) is 148 cm³/mol. The highest BCUT2D eigenvalue weighted by atomic mass is 79.9. The summed E-state index contributed by atoms with van der Waals surface area (Å²) in [6, 6.07) is 22.3. The van der Waals surface area contributed by atoms with E-state index in [4.69, 9.17) is 4.84 Å². The van der Waals surface area contributed by atoms with Gasteiger partial charge in [-0.25, -0.2) is 4.79 Å². The molecule has 1 aliphatic rings. The second kappa shape index (κ2) is 11.0. The number of carbonyl (C=O) groups excluding carboxylic acids is 2. The molecule has 180 valence electrons. The fourth-order valence-corrected chi connectivity index (χ4v) is 6.39. The van der Waals surface area contributed by atoms with Crippen LogP contribution < -0.4 is 0 Å². The standard InChI is InChI=1S/C29H27Br2NO3/c1-19-6-5-7-21(16-19)17-27(32-35-20(2)33)28(34)22-10-11-24-23-8-3-4-9-25(23)29(12-14-30,13-15-31)26(24)18-22/h3-11,16,18H,12-15,17H2,1-2H3/b32-27+. The molecule has 0 aliphatic heterocycles. The van der Waals surface area contributed by atoms with E-state index in [0.717, 1.165) is 45.8 Å². The Labute approximate surface area is 223 Å². The van der Waals surface area contributed by atoms with Gasteiger partial charge in [-0.2, -0.15) is 0 Å². The largest absolute Gasteiger partial charge is 0.331 e. The van der Waals surface area contributed by atoms with Crippen LogP contribution in [0.3, 0.4) is 0 Å². The van der Waals surface area contributed by atoms with E-state index in [2.05, 4.69) is 61.3 Å². The first-order valence-corrected chi connectivity index (χ1v) is 13.8. The van der Waals surface area contributed by atoms with Crippen molar-refractivity contribution in [1.82, 2.24) is 0 Å². The summed E-state index contributed by atoms with van der Waals surface area (Å²) in [5.74, 6) is -0.796. The maximum absolute atomic E-state index is 13.7. The Morgan fingerprint density at radius 3 is 2.29 bits per heavy atom. The molecule has 3 aromatic rings. The Hall–Kier alpha value is -2.57. The quantitative estimate of drug-likeness (QED) is 0.0864. The highest BCUT2D eigenvalue weighted by Gasteiger charge is 2.42. The van der Waals surface area contributed by atoms with E-state index in [-0.39, 0.29) is 23.3 Å². The van der Waals surface area contributed by atoms with Gasteiger partial charge in [-0.15, -0.1) is 0 Å². The molecule has 0 N–H and O–H groups in total. The summed E-state index contributed by atoms with van der Waals surface area (Å²) < 4.78 is 0. The minimum atomic E-state index is -0.558. The van der Waals surface area contributed by atoms with Gasteiger partial charge in [0.1, 0.15) is 5.71 Å². The summed E-state index contributed by atoms with van der Waals surface area (Å²) in [5, 5.41) is 5.66. The van der Waals surface area contributed by atoms with E-state index in [1.807, 2.05) is 49.4 Å². The molecule has 0 fully saturated rings. The fraction of sp³-hybridized carbons (Fsp3) is 0.276. The molecular formula is C29H27Br2NO3. The van der Waals surface area contributed by atoms with Crippen LogP contribution in [-0.2, 0) is 21.5 Å². The van der Waals surface area contributed by atoms with Crippen LogP contribution in [0.2, 0.25) is 0 Å². The van der Waals surface area contributed by atoms with Gasteiger partial charge in [0, 0.05) is 35.0 Å². The highest BCUT2D eigenvalue weighted by molar-refractivity contribution is 9.09. The number of fused-ring (bicyclic) bond motifs is 3. The minimum Gasteiger partial charge on any atom is -0.318 e. The van der Waals surface area contributed by atoms with Gasteiger partial charge in [-0.05, 0) is 53.6 Å². The van der Waals surface area contributed by atoms with Gasteiger partial charge in [0.25, 0.3) is 0 Å². The van der Waals surface area contributed by atoms with Crippen molar-refractivity contribution < 1.29 is 14.4 Å². The van der Waals surface area contributed by atoms with E-state index < -0.39 is 5.97 Å². The Morgan fingerprint density at radius 2 is 1.60 bits per heavy atom. The number of hydrogen-bond donors (Lipinski definition) is 0. The Balaban J connectivity index is 1.79. The minimum absolute atomic E-state index is 0.195. The number of benzene rings is 3. The zero-order chi connectivity index (χ0) is 25.0. The van der Waals surface area contributed by atoms with Crippen molar-refractivity contribution >= 4 is 49.3 Å². The average Bonchev–Trinajstić information content (AvgIpc) is 3.11. The molecule has 0 amide bonds. The number of carbonyl (C=O) groups is 2. The van der Waals surface area contributed by atoms with Gasteiger partial charge in [-0.1, -0.05) is 103 Å². The summed E-state index contributed by atoms with van der Waals surface area (Å²) in [5.41, 5.74) is 7.42. The molecular weight excluding hydrogens is 570 g/mol. The number of oxime groups is 1. The van der Waals surface area contributed by atoms with Gasteiger partial charge in [0.2, 0.25) is 5.78 Å². The number of aryl methyl sites for hydroxylation is 1. The third kappa shape index (κ3) is 5.19. The predicted octanol–water partition coefficient (Wildman–Crippen LogP) is 7.18. The number of ketones is 1. The monoisotopic (exact) mass is 595 g/mol. The van der Waals surface area contributed by atoms with Gasteiger partial charge < -0.3 is 4.84 Å². The van der Waals surface area contributed by atoms with Crippen LogP contribution in [0.15, 0.2) is 71.9 Å². The van der Waals surface area contributed by atoms with E-state index in [1.165, 1.54) is 18.1 Å². The van der Waals surface area contributed by atoms with Crippen molar-refractivity contribution in [1.29, 1.82) is 0 Å². The van der Waals surface area contributed by atoms with Gasteiger partial charge >= 0.3 is 5.97 Å². The van der Waals surface area contributed by atoms with Gasteiger partial charge in [-0.3, -0.25) is 4.79 Å². The van der Waals surface area contributed by atoms with Gasteiger partial charge in [0.05, 0.1) is 0 Å². The van der Waals surface area contributed by atoms with Crippen LogP contribution in [-0.4, -0.2) is 28.1 Å². The lowest BCUT2D eigenvalue weighted by molar-refractivity contribution is -0.140. The molecule has 35 heavy (non-hydrogen) atoms. The van der Waals surface area contributed by atoms with Crippen LogP contribution in [0.4, 0.5) is 0 Å². The first kappa shape index (κ1) is 25.5. The summed E-state index contributed by atoms with van der Waals surface area (Å²) >= 11 is 7.33. The lowest BCUT2D eigenvalue weighted by Crippen LogP contribution is -2.27. The molecule has 6 heteroatoms. The van der Waals surface area contributed by atoms with Crippen LogP contribution >= 0.6 is 31.9 Å². The third-order valence-electron chi connectivity index (χ3n) is 6.57. The molecule has 0 heterocycles. The first-order chi connectivity index (χ1) is 16.9. The maximum atomic E-state index is 13.7. The van der Waals surface area contributed by atoms with Crippen LogP contribution in [0.1, 0.15) is 52.4 Å². The normalized spacial score (nSPS) is 13.8. The molecule has 0 saturated carbocycles. The average molecular weight is 597 g/mol. The molecule has 0 spiro atoms. The Kier molecular flexibility index (Phi) is 8.02. The van der Waals surface area contributed by atoms with Crippen LogP contribution in [0, 0.1) is 6.92 Å². The fourth-order valence-electron chi connectivity index (χ4n) is 5.04. The summed E-state index contributed by atoms with van der Waals surface area (Å²) in [6.07, 6.45) is 2.11. The molecule has 1 aliphatic carbocycles. The zero-order valence-electron chi connectivity index (χ0n) is 19.8. The molecule has 0 unspecified atom stereocenters. The van der Waals surface area contributed by atoms with E-state index in [1.54, 1.807) is 0 Å². The van der Waals surface area contributed by atoms with Crippen LogP contribution in [0.5, 0.6) is 0 Å². The lowest BCUT2D eigenvalue weighted by atomic mass is 9.73. The number of alkyl halides is 2. The maximum Gasteiger partial charge on any atom is 0.331 e. The first-order valence-electron chi connectivity index (χ1n) is 11.6. The zero-order valence-corrected chi connectivity index (χ0v) is 23.0. The van der Waals surface area contributed by atoms with Gasteiger partial charge in [0.15, 0.2) is 0 Å². The van der Waals surface area contributed by atoms with E-state index in [9.17, 15) is 9.59 Å². The summed E-state index contributed by atoms with van der Waals surface area (Å²) in [4.78, 5) is 30.1. The van der Waals surface area contributed by atoms with Crippen molar-refractivity contribution in [2.24, 2.45) is 5.16 Å². The van der Waals surface area contributed by atoms with Crippen molar-refractivity contribution in [2.75, 3.05) is 10.7 Å². The molecule has 0 saturated heterocycles. The second-order valence-corrected chi connectivity index (χ2v) is 10.5. The van der Waals surface area contributed by atoms with E-state index in [0.29, 0.717) is 5.56 Å². The second-order valence-electron chi connectivity index (χ2n) is 8.88. The molecule has 0 bridgehead atoms. The molecule has 4 rings (SSSR count). The van der Waals surface area contributed by atoms with Crippen molar-refractivity contribution in [3.05, 3.63) is 94.5 Å². The summed E-state index contributed by atoms with van der Waals surface area (Å²) in [7, 11) is 0. The SMILES string of the molecule is CC(=O)O/N=C(\Cc1cccc(C)c1)C(=O)c1ccc2c(c1)C(CCBr)(CCBr)c1ccccc1-2. The molecule has 0 aromatic heterocycles. The van der Waals surface area contributed by atoms with Crippen LogP contribution in [0.25, 0.3) is 11.1 Å². The number of nitrogens with zero attached hydrogens (tertiary/aromatic N) is 1. The molecule has 4 nitrogen and oxygen atoms in total. The third-order valence-corrected chi connectivity index (χ3v) is 7.37. The van der Waals surface area contributed by atoms with Crippen molar-refractivity contribution in [2.45, 2.75) is 38.5 Å². The Morgan fingerprint density at radius 1 is 0.886 bits per heavy atom. The number of rotatable bonds is 9. The molecule has 3 aromatic carbocycles. The smallest absolute Gasteiger partial charge is 0.318 e. The Bertz CT molecular complexity index is 1290. The molecule has 0 atom stereocenters. The number of halogens is 2. The van der Waals surface area contributed by atoms with Crippen molar-refractivity contribution in [3.8, 4) is 11.1 Å². The highest BCUT2D eigenvalue weighted by Crippen LogP contribution is 2.53. The van der Waals surface area contributed by atoms with E-state index >= 15 is 0 Å². The lowest BCUT2D eigenvalue weighted by Gasteiger charge is -2.31. The topological polar surface area (TPSA) is 55.7 Å². The number of hydrogen-bond acceptors (Lipinski definition) is 4. The van der Waals surface area contributed by atoms with Crippen molar-refractivity contribution in [3.63, 3.8) is 0 Å². The number of Topliss-reactive ketones (excluding diaryl/α,β-unsaturated/α-hetero) is 1.